The van der Waals surface area contributed by atoms with Gasteiger partial charge in [-0.05, 0) is 23.8 Å². The summed E-state index contributed by atoms with van der Waals surface area (Å²) in [6.07, 6.45) is 1.46. The van der Waals surface area contributed by atoms with Crippen molar-refractivity contribution in [1.29, 1.82) is 10.5 Å². The van der Waals surface area contributed by atoms with Crippen LogP contribution in [0, 0.1) is 22.7 Å². The van der Waals surface area contributed by atoms with Gasteiger partial charge in [-0.25, -0.2) is 0 Å². The minimum atomic E-state index is -0.391. The Balaban J connectivity index is 2.89. The van der Waals surface area contributed by atoms with Crippen molar-refractivity contribution >= 4 is 12.0 Å². The first-order valence-electron chi connectivity index (χ1n) is 4.46. The molecule has 16 heavy (non-hydrogen) atoms. The number of ether oxygens (including phenoxy) is 1. The summed E-state index contributed by atoms with van der Waals surface area (Å²) in [4.78, 5) is 10.6. The number of rotatable bonds is 2. The van der Waals surface area contributed by atoms with E-state index in [4.69, 9.17) is 15.3 Å². The number of hydrogen-bond acceptors (Lipinski definition) is 4. The van der Waals surface area contributed by atoms with Crippen LogP contribution in [0.5, 0.6) is 5.75 Å². The zero-order valence-electron chi connectivity index (χ0n) is 8.60. The van der Waals surface area contributed by atoms with Crippen molar-refractivity contribution in [1.82, 2.24) is 0 Å². The number of allylic oxidation sites excluding steroid dienone is 1. The first-order valence-corrected chi connectivity index (χ1v) is 4.46. The molecular formula is C12H8N2O2. The molecule has 1 aromatic rings. The topological polar surface area (TPSA) is 73.9 Å². The monoisotopic (exact) mass is 212 g/mol. The second kappa shape index (κ2) is 5.33. The van der Waals surface area contributed by atoms with Crippen LogP contribution in [0.25, 0.3) is 6.08 Å². The van der Waals surface area contributed by atoms with E-state index in [9.17, 15) is 4.79 Å². The number of nitrogens with zero attached hydrogens (tertiary/aromatic N) is 2. The Morgan fingerprint density at radius 3 is 2.25 bits per heavy atom. The Morgan fingerprint density at radius 2 is 1.81 bits per heavy atom. The Hall–Kier alpha value is -2.59. The second-order valence-corrected chi connectivity index (χ2v) is 2.94. The van der Waals surface area contributed by atoms with Crippen molar-refractivity contribution in [3.63, 3.8) is 0 Å². The van der Waals surface area contributed by atoms with Crippen LogP contribution in [0.3, 0.4) is 0 Å². The molecule has 0 aliphatic heterocycles. The van der Waals surface area contributed by atoms with Crippen LogP contribution in [0.1, 0.15) is 12.5 Å². The van der Waals surface area contributed by atoms with Gasteiger partial charge in [0.05, 0.1) is 0 Å². The third kappa shape index (κ3) is 3.28. The molecule has 0 N–H and O–H groups in total. The highest BCUT2D eigenvalue weighted by molar-refractivity contribution is 5.69. The van der Waals surface area contributed by atoms with Crippen molar-refractivity contribution in [2.45, 2.75) is 6.92 Å². The van der Waals surface area contributed by atoms with Crippen molar-refractivity contribution in [3.05, 3.63) is 35.4 Å². The highest BCUT2D eigenvalue weighted by Gasteiger charge is 1.98. The van der Waals surface area contributed by atoms with Crippen molar-refractivity contribution < 1.29 is 9.53 Å². The van der Waals surface area contributed by atoms with Crippen LogP contribution in [-0.2, 0) is 4.79 Å². The van der Waals surface area contributed by atoms with Crippen LogP contribution in [0.4, 0.5) is 0 Å². The van der Waals surface area contributed by atoms with E-state index in [1.807, 2.05) is 0 Å². The molecule has 0 aliphatic carbocycles. The number of nitriles is 2. The molecule has 78 valence electrons. The SMILES string of the molecule is CC(=O)Oc1ccc(C=C(C#N)C#N)cc1. The summed E-state index contributed by atoms with van der Waals surface area (Å²) >= 11 is 0. The minimum Gasteiger partial charge on any atom is -0.427 e. The average molecular weight is 212 g/mol. The summed E-state index contributed by atoms with van der Waals surface area (Å²) in [6.45, 7) is 1.32. The lowest BCUT2D eigenvalue weighted by Gasteiger charge is -2.00. The predicted molar refractivity (Wildman–Crippen MR) is 57.0 cm³/mol. The fourth-order valence-corrected chi connectivity index (χ4v) is 1.05. The van der Waals surface area contributed by atoms with Crippen LogP contribution in [0.2, 0.25) is 0 Å². The van der Waals surface area contributed by atoms with Gasteiger partial charge in [-0.15, -0.1) is 0 Å². The molecule has 0 atom stereocenters. The normalized spacial score (nSPS) is 8.44. The first-order chi connectivity index (χ1) is 7.65. The van der Waals surface area contributed by atoms with E-state index in [1.54, 1.807) is 36.4 Å². The smallest absolute Gasteiger partial charge is 0.308 e. The molecule has 1 aromatic carbocycles. The van der Waals surface area contributed by atoms with Crippen molar-refractivity contribution in [3.8, 4) is 17.9 Å². The van der Waals surface area contributed by atoms with E-state index < -0.39 is 5.97 Å². The minimum absolute atomic E-state index is 0.0280. The molecule has 0 radical (unpaired) electrons. The van der Waals surface area contributed by atoms with Gasteiger partial charge in [0.25, 0.3) is 0 Å². The van der Waals surface area contributed by atoms with E-state index in [0.29, 0.717) is 11.3 Å². The molecule has 1 rings (SSSR count). The fraction of sp³-hybridized carbons (Fsp3) is 0.0833. The number of esters is 1. The zero-order valence-corrected chi connectivity index (χ0v) is 8.60. The van der Waals surface area contributed by atoms with Gasteiger partial charge in [-0.2, -0.15) is 10.5 Å². The van der Waals surface area contributed by atoms with E-state index in [-0.39, 0.29) is 5.57 Å². The van der Waals surface area contributed by atoms with Crippen LogP contribution >= 0.6 is 0 Å². The number of carbonyl (C=O) groups is 1. The van der Waals surface area contributed by atoms with Crippen LogP contribution < -0.4 is 4.74 Å². The summed E-state index contributed by atoms with van der Waals surface area (Å²) in [5, 5.41) is 17.1. The second-order valence-electron chi connectivity index (χ2n) is 2.94. The van der Waals surface area contributed by atoms with Gasteiger partial charge >= 0.3 is 5.97 Å². The third-order valence-corrected chi connectivity index (χ3v) is 1.69. The Morgan fingerprint density at radius 1 is 1.25 bits per heavy atom. The summed E-state index contributed by atoms with van der Waals surface area (Å²) in [5.74, 6) is 0.0400. The molecule has 0 aromatic heterocycles. The van der Waals surface area contributed by atoms with Gasteiger partial charge in [0.2, 0.25) is 0 Å². The van der Waals surface area contributed by atoms with Gasteiger partial charge in [0.15, 0.2) is 0 Å². The molecule has 0 spiro atoms. The maximum absolute atomic E-state index is 10.6. The van der Waals surface area contributed by atoms with Gasteiger partial charge in [-0.3, -0.25) is 4.79 Å². The summed E-state index contributed by atoms with van der Waals surface area (Å²) in [6, 6.07) is 10.0. The molecule has 0 bridgehead atoms. The quantitative estimate of drug-likeness (QED) is 0.427. The van der Waals surface area contributed by atoms with Gasteiger partial charge in [-0.1, -0.05) is 12.1 Å². The Kier molecular flexibility index (Phi) is 3.83. The Labute approximate surface area is 93.0 Å². The number of benzene rings is 1. The lowest BCUT2D eigenvalue weighted by atomic mass is 10.1. The largest absolute Gasteiger partial charge is 0.427 e. The fourth-order valence-electron chi connectivity index (χ4n) is 1.05. The lowest BCUT2D eigenvalue weighted by molar-refractivity contribution is -0.131. The number of hydrogen-bond donors (Lipinski definition) is 0. The maximum Gasteiger partial charge on any atom is 0.308 e. The van der Waals surface area contributed by atoms with Gasteiger partial charge in [0.1, 0.15) is 23.5 Å². The number of carbonyl (C=O) groups excluding carboxylic acids is 1. The standard InChI is InChI=1S/C12H8N2O2/c1-9(15)16-12-4-2-10(3-5-12)6-11(7-13)8-14/h2-6H,1H3. The van der Waals surface area contributed by atoms with Gasteiger partial charge < -0.3 is 4.74 Å². The molecule has 0 unspecified atom stereocenters. The molecule has 0 heterocycles. The molecule has 0 saturated heterocycles. The molecule has 4 heteroatoms. The maximum atomic E-state index is 10.6. The van der Waals surface area contributed by atoms with Gasteiger partial charge in [0, 0.05) is 6.92 Å². The molecule has 0 saturated carbocycles. The molecular weight excluding hydrogens is 204 g/mol. The summed E-state index contributed by atoms with van der Waals surface area (Å²) in [7, 11) is 0. The van der Waals surface area contributed by atoms with Crippen LogP contribution in [-0.4, -0.2) is 5.97 Å². The van der Waals surface area contributed by atoms with E-state index >= 15 is 0 Å². The molecule has 0 aliphatic rings. The zero-order chi connectivity index (χ0) is 12.0. The highest BCUT2D eigenvalue weighted by atomic mass is 16.5. The third-order valence-electron chi connectivity index (χ3n) is 1.69. The first kappa shape index (κ1) is 11.5. The predicted octanol–water partition coefficient (Wildman–Crippen LogP) is 2.04. The van der Waals surface area contributed by atoms with Crippen LogP contribution in [0.15, 0.2) is 29.8 Å². The summed E-state index contributed by atoms with van der Waals surface area (Å²) < 4.78 is 4.84. The Bertz CT molecular complexity index is 485. The highest BCUT2D eigenvalue weighted by Crippen LogP contribution is 2.14. The van der Waals surface area contributed by atoms with E-state index in [1.165, 1.54) is 13.0 Å². The molecule has 0 amide bonds. The molecule has 0 fully saturated rings. The van der Waals surface area contributed by atoms with Crippen molar-refractivity contribution in [2.75, 3.05) is 0 Å². The van der Waals surface area contributed by atoms with Crippen molar-refractivity contribution in [2.24, 2.45) is 0 Å². The summed E-state index contributed by atoms with van der Waals surface area (Å²) in [5.41, 5.74) is 0.731. The average Bonchev–Trinajstić information content (AvgIpc) is 2.27. The molecule has 4 nitrogen and oxygen atoms in total. The van der Waals surface area contributed by atoms with E-state index in [2.05, 4.69) is 0 Å². The lowest BCUT2D eigenvalue weighted by Crippen LogP contribution is -2.00. The van der Waals surface area contributed by atoms with E-state index in [0.717, 1.165) is 0 Å².